The number of benzene rings is 2. The molecule has 166 valence electrons. The molecule has 1 aliphatic heterocycles. The van der Waals surface area contributed by atoms with E-state index in [0.717, 1.165) is 37.4 Å². The van der Waals surface area contributed by atoms with E-state index in [1.54, 1.807) is 0 Å². The Bertz CT molecular complexity index is 922. The first-order chi connectivity index (χ1) is 14.8. The van der Waals surface area contributed by atoms with Crippen molar-refractivity contribution in [3.63, 3.8) is 0 Å². The molecule has 0 radical (unpaired) electrons. The van der Waals surface area contributed by atoms with Crippen LogP contribution in [0.1, 0.15) is 55.0 Å². The van der Waals surface area contributed by atoms with Gasteiger partial charge in [-0.2, -0.15) is 0 Å². The van der Waals surface area contributed by atoms with Gasteiger partial charge in [-0.15, -0.1) is 0 Å². The van der Waals surface area contributed by atoms with Gasteiger partial charge in [0.15, 0.2) is 0 Å². The van der Waals surface area contributed by atoms with E-state index in [1.165, 1.54) is 23.6 Å². The number of carbonyl (C=O) groups is 1. The predicted octanol–water partition coefficient (Wildman–Crippen LogP) is 4.87. The molecule has 2 aromatic rings. The number of hydrogen-bond acceptors (Lipinski definition) is 3. The summed E-state index contributed by atoms with van der Waals surface area (Å²) >= 11 is 0. The van der Waals surface area contributed by atoms with Crippen molar-refractivity contribution in [2.45, 2.75) is 58.2 Å². The second-order valence-electron chi connectivity index (χ2n) is 9.00. The molecule has 0 saturated heterocycles. The van der Waals surface area contributed by atoms with Crippen molar-refractivity contribution in [3.05, 3.63) is 64.7 Å². The topological polar surface area (TPSA) is 41.6 Å². The van der Waals surface area contributed by atoms with Crippen LogP contribution in [0.3, 0.4) is 0 Å². The molecule has 2 aliphatic rings. The van der Waals surface area contributed by atoms with Crippen LogP contribution in [0.4, 0.5) is 8.78 Å². The summed E-state index contributed by atoms with van der Waals surface area (Å²) in [6, 6.07) is 14.5. The van der Waals surface area contributed by atoms with Crippen molar-refractivity contribution < 1.29 is 18.3 Å². The van der Waals surface area contributed by atoms with Gasteiger partial charge in [-0.25, -0.2) is 8.78 Å². The molecule has 0 aromatic heterocycles. The Balaban J connectivity index is 1.29. The average Bonchev–Trinajstić information content (AvgIpc) is 2.70. The lowest BCUT2D eigenvalue weighted by Gasteiger charge is -2.34. The summed E-state index contributed by atoms with van der Waals surface area (Å²) in [4.78, 5) is 13.7. The number of carbonyl (C=O) groups excluding carboxylic acids is 1. The largest absolute Gasteiger partial charge is 0.493 e. The number of halogens is 2. The van der Waals surface area contributed by atoms with Crippen LogP contribution in [-0.4, -0.2) is 29.9 Å². The van der Waals surface area contributed by atoms with Crippen molar-refractivity contribution in [1.29, 1.82) is 0 Å². The number of fused-ring (bicyclic) bond motifs is 1. The van der Waals surface area contributed by atoms with Gasteiger partial charge in [0.05, 0.1) is 12.6 Å². The molecule has 1 atom stereocenters. The summed E-state index contributed by atoms with van der Waals surface area (Å²) in [5, 5.41) is 2.91. The molecule has 0 bridgehead atoms. The Morgan fingerprint density at radius 3 is 2.61 bits per heavy atom. The Labute approximate surface area is 182 Å². The molecule has 1 N–H and O–H groups in total. The average molecular weight is 429 g/mol. The van der Waals surface area contributed by atoms with E-state index in [2.05, 4.69) is 46.6 Å². The highest BCUT2D eigenvalue weighted by Crippen LogP contribution is 2.42. The highest BCUT2D eigenvalue weighted by molar-refractivity contribution is 5.73. The number of amides is 1. The molecule has 0 spiro atoms. The number of rotatable bonds is 7. The number of nitrogens with one attached hydrogen (secondary N) is 1. The van der Waals surface area contributed by atoms with Crippen molar-refractivity contribution in [1.82, 2.24) is 10.2 Å². The molecule has 1 unspecified atom stereocenters. The number of nitrogens with zero attached hydrogens (tertiary/aromatic N) is 1. The van der Waals surface area contributed by atoms with Gasteiger partial charge in [-0.05, 0) is 47.7 Å². The fourth-order valence-corrected chi connectivity index (χ4v) is 4.49. The van der Waals surface area contributed by atoms with E-state index < -0.39 is 5.92 Å². The van der Waals surface area contributed by atoms with Crippen LogP contribution in [0.25, 0.3) is 0 Å². The first-order valence-electron chi connectivity index (χ1n) is 11.0. The van der Waals surface area contributed by atoms with Gasteiger partial charge in [-0.1, -0.05) is 30.3 Å². The molecule has 4 nitrogen and oxygen atoms in total. The molecule has 31 heavy (non-hydrogen) atoms. The van der Waals surface area contributed by atoms with Crippen molar-refractivity contribution in [3.8, 4) is 5.75 Å². The standard InChI is InChI=1S/C25H30F2N2O2/c1-17(28-18(2)30)21-5-3-19(4-6-21)14-29-10-9-22-11-24(8-7-23(22)15-29)31-16-20-12-25(26,27)13-20/h3-8,11,17,20H,9-10,12-16H2,1-2H3,(H,28,30). The summed E-state index contributed by atoms with van der Waals surface area (Å²) < 4.78 is 31.7. The zero-order valence-corrected chi connectivity index (χ0v) is 18.2. The summed E-state index contributed by atoms with van der Waals surface area (Å²) in [6.45, 7) is 6.62. The predicted molar refractivity (Wildman–Crippen MR) is 116 cm³/mol. The summed E-state index contributed by atoms with van der Waals surface area (Å²) in [6.07, 6.45) is 0.839. The molecule has 1 heterocycles. The van der Waals surface area contributed by atoms with Crippen LogP contribution in [-0.2, 0) is 24.3 Å². The van der Waals surface area contributed by atoms with Gasteiger partial charge >= 0.3 is 0 Å². The lowest BCUT2D eigenvalue weighted by molar-refractivity contribution is -0.120. The molecule has 1 saturated carbocycles. The number of alkyl halides is 2. The third kappa shape index (κ3) is 5.62. The minimum Gasteiger partial charge on any atom is -0.493 e. The lowest BCUT2D eigenvalue weighted by atomic mass is 9.82. The fraction of sp³-hybridized carbons (Fsp3) is 0.480. The second kappa shape index (κ2) is 8.95. The van der Waals surface area contributed by atoms with E-state index in [0.29, 0.717) is 6.61 Å². The highest BCUT2D eigenvalue weighted by atomic mass is 19.3. The maximum Gasteiger partial charge on any atom is 0.248 e. The molecule has 1 aliphatic carbocycles. The van der Waals surface area contributed by atoms with Crippen molar-refractivity contribution >= 4 is 5.91 Å². The monoisotopic (exact) mass is 428 g/mol. The third-order valence-corrected chi connectivity index (χ3v) is 6.24. The Morgan fingerprint density at radius 1 is 1.19 bits per heavy atom. The molecule has 6 heteroatoms. The summed E-state index contributed by atoms with van der Waals surface area (Å²) in [7, 11) is 0. The first kappa shape index (κ1) is 21.8. The molecule has 1 amide bonds. The molecular formula is C25H30F2N2O2. The van der Waals surface area contributed by atoms with Gasteiger partial charge in [0.1, 0.15) is 5.75 Å². The zero-order chi connectivity index (χ0) is 22.0. The lowest BCUT2D eigenvalue weighted by Crippen LogP contribution is -2.38. The molecular weight excluding hydrogens is 398 g/mol. The Kier molecular flexibility index (Phi) is 6.28. The van der Waals surface area contributed by atoms with Gasteiger partial charge < -0.3 is 10.1 Å². The minimum absolute atomic E-state index is 0.00519. The fourth-order valence-electron chi connectivity index (χ4n) is 4.49. The van der Waals surface area contributed by atoms with Crippen LogP contribution in [0.2, 0.25) is 0 Å². The first-order valence-corrected chi connectivity index (χ1v) is 11.0. The van der Waals surface area contributed by atoms with Crippen LogP contribution < -0.4 is 10.1 Å². The van der Waals surface area contributed by atoms with Crippen LogP contribution >= 0.6 is 0 Å². The normalized spacial score (nSPS) is 19.2. The Morgan fingerprint density at radius 2 is 1.94 bits per heavy atom. The van der Waals surface area contributed by atoms with Gasteiger partial charge in [-0.3, -0.25) is 9.69 Å². The van der Waals surface area contributed by atoms with Gasteiger partial charge in [0.2, 0.25) is 11.8 Å². The number of hydrogen-bond donors (Lipinski definition) is 1. The second-order valence-corrected chi connectivity index (χ2v) is 9.00. The maximum absolute atomic E-state index is 13.0. The smallest absolute Gasteiger partial charge is 0.248 e. The molecule has 4 rings (SSSR count). The SMILES string of the molecule is CC(=O)NC(C)c1ccc(CN2CCc3cc(OCC4CC(F)(F)C4)ccc3C2)cc1. The maximum atomic E-state index is 13.0. The van der Waals surface area contributed by atoms with E-state index in [4.69, 9.17) is 4.74 Å². The minimum atomic E-state index is -2.49. The zero-order valence-electron chi connectivity index (χ0n) is 18.2. The van der Waals surface area contributed by atoms with Crippen LogP contribution in [0.15, 0.2) is 42.5 Å². The van der Waals surface area contributed by atoms with Crippen LogP contribution in [0, 0.1) is 5.92 Å². The van der Waals surface area contributed by atoms with Gasteiger partial charge in [0.25, 0.3) is 0 Å². The van der Waals surface area contributed by atoms with E-state index in [9.17, 15) is 13.6 Å². The van der Waals surface area contributed by atoms with E-state index in [-0.39, 0.29) is 30.7 Å². The molecule has 2 aromatic carbocycles. The van der Waals surface area contributed by atoms with Crippen LogP contribution in [0.5, 0.6) is 5.75 Å². The third-order valence-electron chi connectivity index (χ3n) is 6.24. The molecule has 1 fully saturated rings. The van der Waals surface area contributed by atoms with Gasteiger partial charge in [0, 0.05) is 45.3 Å². The van der Waals surface area contributed by atoms with Crippen molar-refractivity contribution in [2.75, 3.05) is 13.2 Å². The quantitative estimate of drug-likeness (QED) is 0.684. The summed E-state index contributed by atoms with van der Waals surface area (Å²) in [5.74, 6) is -1.76. The van der Waals surface area contributed by atoms with E-state index >= 15 is 0 Å². The summed E-state index contributed by atoms with van der Waals surface area (Å²) in [5.41, 5.74) is 4.93. The Hall–Kier alpha value is -2.47. The van der Waals surface area contributed by atoms with E-state index in [1.807, 2.05) is 13.0 Å². The highest BCUT2D eigenvalue weighted by Gasteiger charge is 2.45. The number of ether oxygens (including phenoxy) is 1. The van der Waals surface area contributed by atoms with Crippen molar-refractivity contribution in [2.24, 2.45) is 5.92 Å².